The third-order valence-corrected chi connectivity index (χ3v) is 3.48. The van der Waals surface area contributed by atoms with Crippen molar-refractivity contribution in [2.75, 3.05) is 6.61 Å². The van der Waals surface area contributed by atoms with Crippen LogP contribution in [0.1, 0.15) is 0 Å². The quantitative estimate of drug-likeness (QED) is 0.610. The third kappa shape index (κ3) is 2.40. The number of rotatable bonds is 3. The standard InChI is InChI=1S/C14H15NO6/c16-6-10-11(17)12(18)13(19)14(21-10)20-9-5-15-8-4-2-1-3-7(8)9/h1-5,10-11,13-17,19H,6H2/t10-,11-,13-,14-/m1/s1. The number of carbonyl (C=O) groups excluding carboxylic acids is 1. The highest BCUT2D eigenvalue weighted by atomic mass is 16.7. The highest BCUT2D eigenvalue weighted by molar-refractivity contribution is 5.89. The molecule has 4 N–H and O–H groups in total. The molecule has 2 heterocycles. The average Bonchev–Trinajstić information content (AvgIpc) is 2.91. The summed E-state index contributed by atoms with van der Waals surface area (Å²) in [5.41, 5.74) is 0.836. The van der Waals surface area contributed by atoms with E-state index >= 15 is 0 Å². The second-order valence-electron chi connectivity index (χ2n) is 4.83. The van der Waals surface area contributed by atoms with Gasteiger partial charge in [-0.2, -0.15) is 0 Å². The van der Waals surface area contributed by atoms with Gasteiger partial charge in [-0.3, -0.25) is 4.79 Å². The Morgan fingerprint density at radius 2 is 2.00 bits per heavy atom. The number of aromatic amines is 1. The van der Waals surface area contributed by atoms with E-state index in [-0.39, 0.29) is 0 Å². The Labute approximate surface area is 119 Å². The van der Waals surface area contributed by atoms with Crippen molar-refractivity contribution in [3.05, 3.63) is 30.5 Å². The normalized spacial score (nSPS) is 29.8. The summed E-state index contributed by atoms with van der Waals surface area (Å²) in [5.74, 6) is -0.416. The van der Waals surface area contributed by atoms with E-state index in [9.17, 15) is 15.0 Å². The number of ether oxygens (including phenoxy) is 2. The first kappa shape index (κ1) is 14.0. The zero-order valence-electron chi connectivity index (χ0n) is 11.0. The van der Waals surface area contributed by atoms with Crippen LogP contribution in [0.15, 0.2) is 30.5 Å². The summed E-state index contributed by atoms with van der Waals surface area (Å²) in [6.45, 7) is -0.548. The fourth-order valence-corrected chi connectivity index (χ4v) is 2.32. The fraction of sp³-hybridized carbons (Fsp3) is 0.357. The van der Waals surface area contributed by atoms with E-state index in [0.29, 0.717) is 5.75 Å². The van der Waals surface area contributed by atoms with Crippen LogP contribution in [0.2, 0.25) is 0 Å². The van der Waals surface area contributed by atoms with E-state index in [1.165, 1.54) is 0 Å². The van der Waals surface area contributed by atoms with Crippen molar-refractivity contribution >= 4 is 16.7 Å². The minimum absolute atomic E-state index is 0.413. The monoisotopic (exact) mass is 293 g/mol. The van der Waals surface area contributed by atoms with Crippen LogP contribution in [0.4, 0.5) is 0 Å². The first-order valence-corrected chi connectivity index (χ1v) is 6.50. The minimum Gasteiger partial charge on any atom is -0.459 e. The Morgan fingerprint density at radius 3 is 2.76 bits per heavy atom. The molecule has 0 radical (unpaired) electrons. The number of Topliss-reactive ketones (excluding diaryl/α,β-unsaturated/α-hetero) is 1. The van der Waals surface area contributed by atoms with Crippen molar-refractivity contribution in [3.63, 3.8) is 0 Å². The van der Waals surface area contributed by atoms with Crippen LogP contribution in [0.3, 0.4) is 0 Å². The number of nitrogens with one attached hydrogen (secondary N) is 1. The lowest BCUT2D eigenvalue weighted by Gasteiger charge is -2.34. The summed E-state index contributed by atoms with van der Waals surface area (Å²) in [4.78, 5) is 14.7. The highest BCUT2D eigenvalue weighted by Gasteiger charge is 2.44. The maximum absolute atomic E-state index is 11.7. The first-order valence-electron chi connectivity index (χ1n) is 6.50. The number of aromatic nitrogens is 1. The van der Waals surface area contributed by atoms with Gasteiger partial charge < -0.3 is 29.8 Å². The molecule has 112 valence electrons. The summed E-state index contributed by atoms with van der Waals surface area (Å²) in [6, 6.07) is 7.35. The largest absolute Gasteiger partial charge is 0.459 e. The summed E-state index contributed by atoms with van der Waals surface area (Å²) < 4.78 is 10.8. The predicted molar refractivity (Wildman–Crippen MR) is 71.7 cm³/mol. The molecule has 21 heavy (non-hydrogen) atoms. The summed E-state index contributed by atoms with van der Waals surface area (Å²) in [6.07, 6.45) is -3.98. The number of para-hydroxylation sites is 1. The second kappa shape index (κ2) is 5.45. The summed E-state index contributed by atoms with van der Waals surface area (Å²) >= 11 is 0. The Bertz CT molecular complexity index is 654. The molecule has 0 unspecified atom stereocenters. The van der Waals surface area contributed by atoms with Crippen LogP contribution in [0.5, 0.6) is 5.75 Å². The van der Waals surface area contributed by atoms with E-state index in [1.54, 1.807) is 6.20 Å². The van der Waals surface area contributed by atoms with Gasteiger partial charge in [-0.05, 0) is 12.1 Å². The SMILES string of the molecule is O=C1[C@@H](O)[C@H](Oc2c[nH]c3ccccc23)O[C@H](CO)[C@H]1O. The smallest absolute Gasteiger partial charge is 0.234 e. The Hall–Kier alpha value is -1.93. The van der Waals surface area contributed by atoms with Crippen molar-refractivity contribution in [3.8, 4) is 5.75 Å². The number of fused-ring (bicyclic) bond motifs is 1. The third-order valence-electron chi connectivity index (χ3n) is 3.48. The molecule has 2 aromatic rings. The second-order valence-corrected chi connectivity index (χ2v) is 4.83. The van der Waals surface area contributed by atoms with Crippen LogP contribution >= 0.6 is 0 Å². The topological polar surface area (TPSA) is 112 Å². The highest BCUT2D eigenvalue weighted by Crippen LogP contribution is 2.28. The molecule has 0 saturated carbocycles. The number of ketones is 1. The Kier molecular flexibility index (Phi) is 3.64. The maximum Gasteiger partial charge on any atom is 0.234 e. The molecule has 3 rings (SSSR count). The van der Waals surface area contributed by atoms with Crippen LogP contribution in [-0.2, 0) is 9.53 Å². The van der Waals surface area contributed by atoms with E-state index in [2.05, 4.69) is 4.98 Å². The van der Waals surface area contributed by atoms with Crippen molar-refractivity contribution in [2.45, 2.75) is 24.6 Å². The minimum atomic E-state index is -1.61. The van der Waals surface area contributed by atoms with Crippen molar-refractivity contribution in [1.29, 1.82) is 0 Å². The van der Waals surface area contributed by atoms with Gasteiger partial charge >= 0.3 is 0 Å². The van der Waals surface area contributed by atoms with Gasteiger partial charge in [0.15, 0.2) is 11.9 Å². The average molecular weight is 293 g/mol. The predicted octanol–water partition coefficient (Wildman–Crippen LogP) is -0.445. The molecular weight excluding hydrogens is 278 g/mol. The number of aliphatic hydroxyl groups excluding tert-OH is 3. The molecule has 4 atom stereocenters. The molecule has 1 aromatic heterocycles. The van der Waals surface area contributed by atoms with E-state index < -0.39 is 37.0 Å². The Morgan fingerprint density at radius 1 is 1.24 bits per heavy atom. The van der Waals surface area contributed by atoms with Gasteiger partial charge in [0.2, 0.25) is 6.29 Å². The van der Waals surface area contributed by atoms with E-state index in [1.807, 2.05) is 24.3 Å². The van der Waals surface area contributed by atoms with Crippen molar-refractivity contribution in [2.24, 2.45) is 0 Å². The zero-order chi connectivity index (χ0) is 15.0. The van der Waals surface area contributed by atoms with Gasteiger partial charge in [0.05, 0.1) is 6.61 Å². The molecular formula is C14H15NO6. The molecule has 7 nitrogen and oxygen atoms in total. The fourth-order valence-electron chi connectivity index (χ4n) is 2.32. The molecule has 0 spiro atoms. The van der Waals surface area contributed by atoms with E-state index in [4.69, 9.17) is 14.6 Å². The molecule has 1 fully saturated rings. The Balaban J connectivity index is 1.85. The number of hydrogen-bond donors (Lipinski definition) is 4. The molecule has 7 heteroatoms. The van der Waals surface area contributed by atoms with Crippen LogP contribution in [-0.4, -0.2) is 57.3 Å². The zero-order valence-corrected chi connectivity index (χ0v) is 11.0. The van der Waals surface area contributed by atoms with Crippen LogP contribution in [0, 0.1) is 0 Å². The molecule has 0 aliphatic carbocycles. The van der Waals surface area contributed by atoms with Crippen molar-refractivity contribution < 1.29 is 29.6 Å². The van der Waals surface area contributed by atoms with E-state index in [0.717, 1.165) is 10.9 Å². The molecule has 0 bridgehead atoms. The number of hydrogen-bond acceptors (Lipinski definition) is 6. The van der Waals surface area contributed by atoms with Gasteiger partial charge in [-0.15, -0.1) is 0 Å². The number of carbonyl (C=O) groups is 1. The maximum atomic E-state index is 11.7. The lowest BCUT2D eigenvalue weighted by molar-refractivity contribution is -0.229. The first-order chi connectivity index (χ1) is 10.1. The lowest BCUT2D eigenvalue weighted by atomic mass is 10.0. The van der Waals surface area contributed by atoms with Crippen LogP contribution in [0.25, 0.3) is 10.9 Å². The lowest BCUT2D eigenvalue weighted by Crippen LogP contribution is -2.57. The molecule has 1 saturated heterocycles. The number of H-pyrrole nitrogens is 1. The molecule has 1 aromatic carbocycles. The van der Waals surface area contributed by atoms with Gasteiger partial charge in [0, 0.05) is 17.1 Å². The molecule has 0 amide bonds. The van der Waals surface area contributed by atoms with Gasteiger partial charge in [-0.25, -0.2) is 0 Å². The summed E-state index contributed by atoms with van der Waals surface area (Å²) in [5, 5.41) is 29.3. The van der Waals surface area contributed by atoms with Gasteiger partial charge in [0.1, 0.15) is 18.0 Å². The van der Waals surface area contributed by atoms with Crippen LogP contribution < -0.4 is 4.74 Å². The molecule has 1 aliphatic heterocycles. The van der Waals surface area contributed by atoms with Gasteiger partial charge in [0.25, 0.3) is 0 Å². The number of benzene rings is 1. The van der Waals surface area contributed by atoms with Crippen molar-refractivity contribution in [1.82, 2.24) is 4.98 Å². The molecule has 1 aliphatic rings. The van der Waals surface area contributed by atoms with Gasteiger partial charge in [-0.1, -0.05) is 12.1 Å². The summed E-state index contributed by atoms with van der Waals surface area (Å²) in [7, 11) is 0. The number of aliphatic hydroxyl groups is 3.